The first-order valence-electron chi connectivity index (χ1n) is 33.7. The van der Waals surface area contributed by atoms with Gasteiger partial charge in [0, 0.05) is 120 Å². The van der Waals surface area contributed by atoms with Gasteiger partial charge in [0.25, 0.3) is 29.5 Å². The third kappa shape index (κ3) is 16.5. The molecule has 15 heterocycles. The number of halogens is 3. The molecule has 5 unspecified atom stereocenters. The Morgan fingerprint density at radius 2 is 0.885 bits per heavy atom. The highest BCUT2D eigenvalue weighted by Gasteiger charge is 2.46. The predicted molar refractivity (Wildman–Crippen MR) is 402 cm³/mol. The van der Waals surface area contributed by atoms with E-state index in [2.05, 4.69) is 79.5 Å². The molecule has 2 aromatic carbocycles. The van der Waals surface area contributed by atoms with Gasteiger partial charge in [-0.25, -0.2) is 49.2 Å². The second kappa shape index (κ2) is 30.7. The number of aryl methyl sites for hydroxylation is 1. The smallest absolute Gasteiger partial charge is 0.408 e. The molecule has 0 radical (unpaired) electrons. The lowest BCUT2D eigenvalue weighted by Crippen LogP contribution is -2.37. The molecule has 113 heavy (non-hydrogen) atoms. The number of hydrogen-bond donors (Lipinski definition) is 5. The molecule has 2 fully saturated rings. The van der Waals surface area contributed by atoms with Gasteiger partial charge in [0.05, 0.1) is 70.9 Å². The van der Waals surface area contributed by atoms with Gasteiger partial charge < -0.3 is 9.32 Å². The van der Waals surface area contributed by atoms with Gasteiger partial charge in [0.1, 0.15) is 0 Å². The molecular formula is C69H56F3N23O13S5. The van der Waals surface area contributed by atoms with Crippen molar-refractivity contribution in [3.63, 3.8) is 0 Å². The minimum absolute atomic E-state index is 0.121. The van der Waals surface area contributed by atoms with Gasteiger partial charge in [-0.1, -0.05) is 12.1 Å². The summed E-state index contributed by atoms with van der Waals surface area (Å²) in [5, 5.41) is 36.4. The number of alkyl halides is 3. The largest absolute Gasteiger partial charge is 0.435 e. The predicted octanol–water partition coefficient (Wildman–Crippen LogP) is 4.76. The number of benzene rings is 2. The molecule has 2 aliphatic carbocycles. The summed E-state index contributed by atoms with van der Waals surface area (Å²) < 4.78 is 121. The fraction of sp³-hybridized carbons (Fsp3) is 0.188. The van der Waals surface area contributed by atoms with Gasteiger partial charge in [-0.2, -0.15) is 48.9 Å². The van der Waals surface area contributed by atoms with E-state index >= 15 is 0 Å². The standard InChI is InChI=1S/C20H20N4O3S.C17H14N4O4S.C11H6F3N5O2S.C11H9N5O2S.C10H7N5O2S/c1-20(2)15-7-13(5-6-16(15)23(19(20)26)10-12-3-4-12)14-9-21-24(11-14)18-8-17(25)22-28(18)27;22-15-6-16(26(24)19-15)21-9-12(7-18-21)11-3-4-13-14(5-11)25-17(23)20(13)8-10-1-2-10;12-11(13,14)8-2-1-7(16-17-8)6-4-15-19(5-6)10-3-9(20)18-22(10)21;1-7-2-3-9(14-13-7)8-5-12-16(6-8)11-4-10(17)15-19(11)18;16-9-3-10(18(17)14-9)15-6-7(4-13-15)8-5-11-1-2-12-8/h5-9,11-12H,3-4,10H2,1-2H3,(H,22,25);3-7,9-10H,1-2,8H2,(H,19,22);1-5H,(H,18,20);2-6H,1H3,(H,15,17);1-6H,(H,14,16). The van der Waals surface area contributed by atoms with Crippen LogP contribution in [0.25, 0.3) is 92.3 Å². The number of amides is 6. The zero-order valence-electron chi connectivity index (χ0n) is 58.6. The highest BCUT2D eigenvalue weighted by molar-refractivity contribution is 7.94. The SMILES string of the molecule is CC1(C)C(=O)N(CC2CC2)c2ccc(-c3cnn(C4=CC(=O)NS4=O)c3)cc21.Cc1ccc(-c2cnn(C3=CC(=O)NS3=O)c2)nn1.O=C1C=C(n2cc(-c3ccc(C(F)(F)F)nn3)cn2)S(=O)N1.O=C1C=C(n2cc(-c3ccc4c(c3)oc(=O)n4CC3CC3)cn2)S(=O)N1.O=C1C=C(n2cc(-c3cnccn3)cn2)S(=O)N1. The molecule has 2 saturated carbocycles. The second-order valence-corrected chi connectivity index (χ2v) is 32.0. The Kier molecular flexibility index (Phi) is 20.5. The second-order valence-electron chi connectivity index (χ2n) is 26.2. The van der Waals surface area contributed by atoms with E-state index in [0.717, 1.165) is 93.4 Å². The Morgan fingerprint density at radius 1 is 0.469 bits per heavy atom. The third-order valence-electron chi connectivity index (χ3n) is 17.8. The maximum Gasteiger partial charge on any atom is 0.435 e. The normalized spacial score (nSPS) is 19.8. The van der Waals surface area contributed by atoms with Crippen molar-refractivity contribution in [2.24, 2.45) is 11.8 Å². The summed E-state index contributed by atoms with van der Waals surface area (Å²) in [5.41, 5.74) is 9.18. The zero-order chi connectivity index (χ0) is 79.3. The van der Waals surface area contributed by atoms with Crippen LogP contribution < -0.4 is 34.3 Å². The molecular weight excluding hydrogens is 1580 g/mol. The average molecular weight is 1630 g/mol. The fourth-order valence-corrected chi connectivity index (χ4v) is 15.9. The number of nitrogens with one attached hydrogen (secondary N) is 5. The quantitative estimate of drug-likeness (QED) is 0.0979. The molecule has 44 heteroatoms. The van der Waals surface area contributed by atoms with Crippen molar-refractivity contribution >= 4 is 132 Å². The lowest BCUT2D eigenvalue weighted by molar-refractivity contribution is -0.141. The van der Waals surface area contributed by atoms with E-state index in [-0.39, 0.29) is 45.1 Å². The van der Waals surface area contributed by atoms with Gasteiger partial charge in [-0.15, -0.1) is 10.2 Å². The maximum atomic E-state index is 13.0. The molecule has 576 valence electrons. The third-order valence-corrected chi connectivity index (χ3v) is 23.1. The van der Waals surface area contributed by atoms with Gasteiger partial charge in [-0.05, 0) is 124 Å². The van der Waals surface area contributed by atoms with E-state index in [1.54, 1.807) is 78.8 Å². The van der Waals surface area contributed by atoms with Crippen LogP contribution in [0.2, 0.25) is 0 Å². The summed E-state index contributed by atoms with van der Waals surface area (Å²) in [4.78, 5) is 91.1. The van der Waals surface area contributed by atoms with E-state index in [9.17, 15) is 67.8 Å². The summed E-state index contributed by atoms with van der Waals surface area (Å²) in [6, 6.07) is 17.2. The van der Waals surface area contributed by atoms with Gasteiger partial charge in [0.15, 0.2) is 91.4 Å². The number of fused-ring (bicyclic) bond motifs is 2. The van der Waals surface area contributed by atoms with Crippen LogP contribution in [0.3, 0.4) is 0 Å². The lowest BCUT2D eigenvalue weighted by Gasteiger charge is -2.20. The summed E-state index contributed by atoms with van der Waals surface area (Å²) >= 11 is 0. The Morgan fingerprint density at radius 3 is 1.28 bits per heavy atom. The molecule has 0 spiro atoms. The highest BCUT2D eigenvalue weighted by Crippen LogP contribution is 2.46. The van der Waals surface area contributed by atoms with Crippen molar-refractivity contribution in [2.75, 3.05) is 11.4 Å². The van der Waals surface area contributed by atoms with Crippen LogP contribution in [0, 0.1) is 18.8 Å². The van der Waals surface area contributed by atoms with Crippen LogP contribution >= 0.6 is 0 Å². The summed E-state index contributed by atoms with van der Waals surface area (Å²) in [6.07, 6.45) is 27.0. The van der Waals surface area contributed by atoms with Crippen molar-refractivity contribution in [3.8, 4) is 56.0 Å². The molecule has 8 aliphatic rings. The number of carbonyl (C=O) groups is 6. The number of anilines is 1. The van der Waals surface area contributed by atoms with Gasteiger partial charge in [0.2, 0.25) is 5.91 Å². The Bertz CT molecular complexity index is 6110. The number of carbonyl (C=O) groups excluding carboxylic acids is 6. The molecule has 5 atom stereocenters. The number of rotatable bonds is 14. The lowest BCUT2D eigenvalue weighted by atomic mass is 9.85. The van der Waals surface area contributed by atoms with Gasteiger partial charge in [-0.3, -0.25) is 66.9 Å². The van der Waals surface area contributed by atoms with E-state index in [1.807, 2.05) is 68.1 Å². The van der Waals surface area contributed by atoms with E-state index in [0.29, 0.717) is 56.0 Å². The molecule has 19 rings (SSSR count). The van der Waals surface area contributed by atoms with Crippen molar-refractivity contribution in [3.05, 3.63) is 199 Å². The number of oxazole rings is 1. The van der Waals surface area contributed by atoms with Crippen molar-refractivity contribution in [1.29, 1.82) is 0 Å². The number of nitrogens with zero attached hydrogens (tertiary/aromatic N) is 18. The molecule has 5 N–H and O–H groups in total. The number of aromatic nitrogens is 17. The minimum Gasteiger partial charge on any atom is -0.408 e. The molecule has 9 aromatic heterocycles. The first-order chi connectivity index (χ1) is 54.1. The van der Waals surface area contributed by atoms with Crippen molar-refractivity contribution in [2.45, 2.75) is 64.6 Å². The summed E-state index contributed by atoms with van der Waals surface area (Å²) in [6.45, 7) is 7.29. The van der Waals surface area contributed by atoms with Crippen LogP contribution in [-0.4, -0.2) is 147 Å². The zero-order valence-corrected chi connectivity index (χ0v) is 62.7. The first kappa shape index (κ1) is 75.5. The highest BCUT2D eigenvalue weighted by atomic mass is 32.2. The van der Waals surface area contributed by atoms with Crippen LogP contribution in [0.1, 0.15) is 56.5 Å². The molecule has 11 aromatic rings. The molecule has 6 amide bonds. The topological polar surface area (TPSA) is 453 Å². The van der Waals surface area contributed by atoms with Crippen LogP contribution in [0.4, 0.5) is 18.9 Å². The summed E-state index contributed by atoms with van der Waals surface area (Å²) in [5.74, 6) is -1.08. The average Bonchev–Trinajstić information content (AvgIpc) is 1.58. The Balaban J connectivity index is 0.000000113. The Labute approximate surface area is 646 Å². The van der Waals surface area contributed by atoms with Crippen molar-refractivity contribution in [1.82, 2.24) is 107 Å². The molecule has 0 bridgehead atoms. The molecule has 36 nitrogen and oxygen atoms in total. The van der Waals surface area contributed by atoms with Crippen LogP contribution in [0.5, 0.6) is 0 Å². The molecule has 6 aliphatic heterocycles. The maximum absolute atomic E-state index is 13.0. The van der Waals surface area contributed by atoms with E-state index in [4.69, 9.17) is 4.42 Å². The van der Waals surface area contributed by atoms with Gasteiger partial charge >= 0.3 is 11.9 Å². The van der Waals surface area contributed by atoms with E-state index in [1.165, 1.54) is 72.9 Å². The molecule has 0 saturated heterocycles. The number of hydrogen-bond acceptors (Lipinski definition) is 24. The monoisotopic (exact) mass is 1630 g/mol. The fourth-order valence-electron chi connectivity index (χ4n) is 11.7. The van der Waals surface area contributed by atoms with Crippen LogP contribution in [0.15, 0.2) is 181 Å². The minimum atomic E-state index is -4.56. The first-order valence-corrected chi connectivity index (χ1v) is 39.4. The van der Waals surface area contributed by atoms with E-state index < -0.39 is 84.0 Å². The Hall–Kier alpha value is -12.9. The van der Waals surface area contributed by atoms with Crippen molar-refractivity contribution < 1.29 is 67.4 Å². The van der Waals surface area contributed by atoms with Crippen LogP contribution in [-0.2, 0) is 102 Å². The summed E-state index contributed by atoms with van der Waals surface area (Å²) in [7, 11) is -8.05.